The Morgan fingerprint density at radius 1 is 1.05 bits per heavy atom. The Morgan fingerprint density at radius 2 is 1.82 bits per heavy atom. The number of Topliss-reactive ketones (excluding diaryl/α,β-unsaturated/α-hetero) is 1. The topological polar surface area (TPSA) is 57.5 Å². The van der Waals surface area contributed by atoms with Crippen LogP contribution in [0.15, 0.2) is 0 Å². The van der Waals surface area contributed by atoms with Crippen molar-refractivity contribution in [3.05, 3.63) is 0 Å². The van der Waals surface area contributed by atoms with Gasteiger partial charge in [0.15, 0.2) is 5.78 Å². The summed E-state index contributed by atoms with van der Waals surface area (Å²) in [6.07, 6.45) is 8.06. The molecule has 3 nitrogen and oxygen atoms in total. The first kappa shape index (κ1) is 15.1. The molecule has 0 aromatic heterocycles. The van der Waals surface area contributed by atoms with Gasteiger partial charge in [0.25, 0.3) is 0 Å². The van der Waals surface area contributed by atoms with E-state index in [9.17, 15) is 15.0 Å². The number of ketones is 1. The van der Waals surface area contributed by atoms with Crippen molar-refractivity contribution in [1.82, 2.24) is 0 Å². The molecule has 0 bridgehead atoms. The zero-order valence-electron chi connectivity index (χ0n) is 14.0. The summed E-state index contributed by atoms with van der Waals surface area (Å²) >= 11 is 0. The summed E-state index contributed by atoms with van der Waals surface area (Å²) in [5.41, 5.74) is -0.653. The van der Waals surface area contributed by atoms with Crippen LogP contribution in [0, 0.1) is 28.6 Å². The van der Waals surface area contributed by atoms with E-state index in [1.54, 1.807) is 0 Å². The molecule has 4 aliphatic carbocycles. The molecule has 2 unspecified atom stereocenters. The average molecular weight is 306 g/mol. The van der Waals surface area contributed by atoms with E-state index in [-0.39, 0.29) is 17.6 Å². The van der Waals surface area contributed by atoms with E-state index in [1.807, 2.05) is 0 Å². The summed E-state index contributed by atoms with van der Waals surface area (Å²) in [6, 6.07) is 0. The molecule has 0 spiro atoms. The van der Waals surface area contributed by atoms with Gasteiger partial charge in [0.2, 0.25) is 0 Å². The SMILES string of the molecule is C[C@@]12CCC[C@H]1[C@@H]1CCC3(O)CC(=O)C(O)C[C@]3(C)[C@@H]1CC2. The number of carbonyl (C=O) groups excluding carboxylic acids is 1. The first-order valence-electron chi connectivity index (χ1n) is 9.22. The van der Waals surface area contributed by atoms with Gasteiger partial charge < -0.3 is 10.2 Å². The van der Waals surface area contributed by atoms with Gasteiger partial charge in [-0.05, 0) is 68.1 Å². The lowest BCUT2D eigenvalue weighted by molar-refractivity contribution is -0.214. The van der Waals surface area contributed by atoms with Gasteiger partial charge in [0.1, 0.15) is 6.10 Å². The molecule has 0 aliphatic heterocycles. The number of rotatable bonds is 0. The van der Waals surface area contributed by atoms with E-state index in [0.29, 0.717) is 23.7 Å². The Bertz CT molecular complexity index is 503. The fourth-order valence-corrected chi connectivity index (χ4v) is 7.06. The van der Waals surface area contributed by atoms with Crippen molar-refractivity contribution < 1.29 is 15.0 Å². The zero-order valence-corrected chi connectivity index (χ0v) is 14.0. The molecule has 3 heteroatoms. The molecule has 4 saturated carbocycles. The highest BCUT2D eigenvalue weighted by Gasteiger charge is 2.64. The Hall–Kier alpha value is -0.410. The molecule has 0 radical (unpaired) electrons. The summed E-state index contributed by atoms with van der Waals surface area (Å²) < 4.78 is 0. The monoisotopic (exact) mass is 306 g/mol. The van der Waals surface area contributed by atoms with E-state index in [2.05, 4.69) is 13.8 Å². The molecule has 0 saturated heterocycles. The van der Waals surface area contributed by atoms with Gasteiger partial charge in [-0.15, -0.1) is 0 Å². The van der Waals surface area contributed by atoms with E-state index in [4.69, 9.17) is 0 Å². The smallest absolute Gasteiger partial charge is 0.164 e. The average Bonchev–Trinajstić information content (AvgIpc) is 2.84. The van der Waals surface area contributed by atoms with Crippen molar-refractivity contribution in [3.8, 4) is 0 Å². The Labute approximate surface area is 133 Å². The van der Waals surface area contributed by atoms with Crippen LogP contribution in [0.25, 0.3) is 0 Å². The van der Waals surface area contributed by atoms with Crippen LogP contribution >= 0.6 is 0 Å². The quantitative estimate of drug-likeness (QED) is 0.723. The van der Waals surface area contributed by atoms with Gasteiger partial charge in [-0.1, -0.05) is 20.3 Å². The minimum absolute atomic E-state index is 0.153. The molecule has 4 fully saturated rings. The van der Waals surface area contributed by atoms with Gasteiger partial charge in [0, 0.05) is 11.8 Å². The fourth-order valence-electron chi connectivity index (χ4n) is 7.06. The summed E-state index contributed by atoms with van der Waals surface area (Å²) in [7, 11) is 0. The summed E-state index contributed by atoms with van der Waals surface area (Å²) in [5, 5.41) is 21.4. The summed E-state index contributed by atoms with van der Waals surface area (Å²) in [4.78, 5) is 12.0. The molecule has 2 N–H and O–H groups in total. The van der Waals surface area contributed by atoms with Crippen molar-refractivity contribution >= 4 is 5.78 Å². The normalized spacial score (nSPS) is 57.9. The van der Waals surface area contributed by atoms with Crippen LogP contribution in [-0.4, -0.2) is 27.7 Å². The lowest BCUT2D eigenvalue weighted by Crippen LogP contribution is -2.64. The number of aliphatic hydroxyl groups is 2. The third-order valence-corrected chi connectivity index (χ3v) is 8.45. The number of aliphatic hydroxyl groups excluding tert-OH is 1. The van der Waals surface area contributed by atoms with Gasteiger partial charge in [0.05, 0.1) is 5.60 Å². The van der Waals surface area contributed by atoms with Crippen LogP contribution in [0.5, 0.6) is 0 Å². The minimum Gasteiger partial charge on any atom is -0.389 e. The Kier molecular flexibility index (Phi) is 3.14. The first-order chi connectivity index (χ1) is 10.3. The second-order valence-electron chi connectivity index (χ2n) is 9.31. The Morgan fingerprint density at radius 3 is 2.59 bits per heavy atom. The number of hydrogen-bond donors (Lipinski definition) is 2. The molecule has 0 heterocycles. The Balaban J connectivity index is 1.70. The van der Waals surface area contributed by atoms with Gasteiger partial charge in [-0.3, -0.25) is 4.79 Å². The summed E-state index contributed by atoms with van der Waals surface area (Å²) in [5.74, 6) is 1.81. The van der Waals surface area contributed by atoms with Crippen LogP contribution in [0.3, 0.4) is 0 Å². The third kappa shape index (κ3) is 1.78. The molecule has 4 rings (SSSR count). The largest absolute Gasteiger partial charge is 0.389 e. The predicted octanol–water partition coefficient (Wildman–Crippen LogP) is 3.07. The first-order valence-corrected chi connectivity index (χ1v) is 9.22. The maximum absolute atomic E-state index is 12.0. The van der Waals surface area contributed by atoms with Crippen LogP contribution in [-0.2, 0) is 4.79 Å². The standard InChI is InChI=1S/C19H30O3/c1-17-7-3-4-13(17)12-5-9-19(22)11-16(21)15(20)10-18(19,2)14(12)6-8-17/h12-15,20,22H,3-11H2,1-2H3/t12-,13-,14+,15?,17-,18+,19?/m0/s1. The van der Waals surface area contributed by atoms with Crippen molar-refractivity contribution in [3.63, 3.8) is 0 Å². The van der Waals surface area contributed by atoms with E-state index >= 15 is 0 Å². The second kappa shape index (κ2) is 4.57. The van der Waals surface area contributed by atoms with Crippen molar-refractivity contribution in [2.45, 2.75) is 83.3 Å². The van der Waals surface area contributed by atoms with Crippen LogP contribution in [0.4, 0.5) is 0 Å². The maximum atomic E-state index is 12.0. The van der Waals surface area contributed by atoms with Crippen LogP contribution in [0.2, 0.25) is 0 Å². The third-order valence-electron chi connectivity index (χ3n) is 8.45. The summed E-state index contributed by atoms with van der Waals surface area (Å²) in [6.45, 7) is 4.64. The highest BCUT2D eigenvalue weighted by Crippen LogP contribution is 2.66. The lowest BCUT2D eigenvalue weighted by atomic mass is 9.43. The lowest BCUT2D eigenvalue weighted by Gasteiger charge is -2.63. The highest BCUT2D eigenvalue weighted by atomic mass is 16.3. The molecular weight excluding hydrogens is 276 g/mol. The predicted molar refractivity (Wildman–Crippen MR) is 84.2 cm³/mol. The van der Waals surface area contributed by atoms with E-state index < -0.39 is 11.7 Å². The zero-order chi connectivity index (χ0) is 15.8. The van der Waals surface area contributed by atoms with Gasteiger partial charge in [-0.2, -0.15) is 0 Å². The van der Waals surface area contributed by atoms with Crippen LogP contribution in [0.1, 0.15) is 71.6 Å². The number of carbonyl (C=O) groups is 1. The molecule has 0 amide bonds. The van der Waals surface area contributed by atoms with Gasteiger partial charge in [-0.25, -0.2) is 0 Å². The van der Waals surface area contributed by atoms with E-state index in [0.717, 1.165) is 25.2 Å². The highest BCUT2D eigenvalue weighted by molar-refractivity contribution is 5.85. The van der Waals surface area contributed by atoms with Crippen molar-refractivity contribution in [2.75, 3.05) is 0 Å². The molecule has 0 aromatic carbocycles. The maximum Gasteiger partial charge on any atom is 0.164 e. The van der Waals surface area contributed by atoms with E-state index in [1.165, 1.54) is 25.7 Å². The molecular formula is C19H30O3. The van der Waals surface area contributed by atoms with Gasteiger partial charge >= 0.3 is 0 Å². The van der Waals surface area contributed by atoms with Crippen LogP contribution < -0.4 is 0 Å². The molecule has 7 atom stereocenters. The second-order valence-corrected chi connectivity index (χ2v) is 9.31. The number of hydrogen-bond acceptors (Lipinski definition) is 3. The fraction of sp³-hybridized carbons (Fsp3) is 0.947. The minimum atomic E-state index is -0.878. The molecule has 22 heavy (non-hydrogen) atoms. The van der Waals surface area contributed by atoms with Crippen molar-refractivity contribution in [1.29, 1.82) is 0 Å². The van der Waals surface area contributed by atoms with Crippen molar-refractivity contribution in [2.24, 2.45) is 28.6 Å². The molecule has 124 valence electrons. The molecule has 0 aromatic rings. The molecule has 4 aliphatic rings. The number of fused-ring (bicyclic) bond motifs is 5.